The van der Waals surface area contributed by atoms with Crippen LogP contribution in [0.4, 0.5) is 5.69 Å². The lowest BCUT2D eigenvalue weighted by Crippen LogP contribution is -2.53. The summed E-state index contributed by atoms with van der Waals surface area (Å²) in [5.74, 6) is 2.99. The molecule has 8 rings (SSSR count). The second-order valence-corrected chi connectivity index (χ2v) is 30.8. The third kappa shape index (κ3) is 15.0. The van der Waals surface area contributed by atoms with E-state index in [1.807, 2.05) is 0 Å². The van der Waals surface area contributed by atoms with Crippen molar-refractivity contribution in [3.8, 4) is 0 Å². The Morgan fingerprint density at radius 3 is 1.07 bits per heavy atom. The molecule has 3 saturated heterocycles. The van der Waals surface area contributed by atoms with Crippen LogP contribution in [0.25, 0.3) is 0 Å². The van der Waals surface area contributed by atoms with Gasteiger partial charge in [0.15, 0.2) is 0 Å². The molecule has 0 aromatic heterocycles. The molecular formula is C64H126N4. The second kappa shape index (κ2) is 22.6. The maximum absolute atomic E-state index is 2.87. The zero-order valence-electron chi connectivity index (χ0n) is 47.4. The highest BCUT2D eigenvalue weighted by molar-refractivity contribution is 5.61. The van der Waals surface area contributed by atoms with Gasteiger partial charge >= 0.3 is 0 Å². The van der Waals surface area contributed by atoms with Gasteiger partial charge in [-0.05, 0) is 192 Å². The quantitative estimate of drug-likeness (QED) is 0.257. The van der Waals surface area contributed by atoms with Gasteiger partial charge in [-0.3, -0.25) is 14.7 Å². The fourth-order valence-electron chi connectivity index (χ4n) is 14.3. The molecule has 4 aliphatic heterocycles. The standard InChI is InChI=1S/C16H31N.C16H25N.C15H29N.C13H25N.4CH4/c2*1-15(2,3)14-11-12-9-7-8-10-13(12)17(14)16(4,5)6;1-14(2,3)13-10-11-8-7-9-12(11)16(13)15(4,5)6;1-12(2,3)11-8-9-7-10(9)14(11)13(4,5)6;;;;/h12-14H,7-11H2,1-6H3;7-10,14H,11H2,1-6H3;11-13H,7-10H2,1-6H3;9-11H,7-8H2,1-6H3;4*1H4. The molecule has 0 spiro atoms. The minimum atomic E-state index is 0. The van der Waals surface area contributed by atoms with Gasteiger partial charge in [-0.2, -0.15) is 0 Å². The first kappa shape index (κ1) is 64.9. The monoisotopic (exact) mass is 951 g/mol. The van der Waals surface area contributed by atoms with E-state index in [-0.39, 0.29) is 35.2 Å². The normalized spacial score (nSPS) is 30.7. The Balaban J connectivity index is 0.000000446. The molecule has 4 heteroatoms. The highest BCUT2D eigenvalue weighted by atomic mass is 15.3. The van der Waals surface area contributed by atoms with Gasteiger partial charge < -0.3 is 4.90 Å². The van der Waals surface area contributed by atoms with Crippen LogP contribution in [0.2, 0.25) is 0 Å². The lowest BCUT2D eigenvalue weighted by atomic mass is 9.80. The van der Waals surface area contributed by atoms with Gasteiger partial charge in [0.1, 0.15) is 0 Å². The Bertz CT molecular complexity index is 1650. The molecule has 10 unspecified atom stereocenters. The molecular weight excluding hydrogens is 825 g/mol. The van der Waals surface area contributed by atoms with Crippen molar-refractivity contribution in [2.24, 2.45) is 39.4 Å². The van der Waals surface area contributed by atoms with Gasteiger partial charge in [-0.15, -0.1) is 0 Å². The summed E-state index contributed by atoms with van der Waals surface area (Å²) in [6, 6.07) is 14.5. The minimum Gasteiger partial charge on any atom is -0.363 e. The molecule has 68 heavy (non-hydrogen) atoms. The van der Waals surface area contributed by atoms with Gasteiger partial charge in [0.25, 0.3) is 0 Å². The van der Waals surface area contributed by atoms with Crippen molar-refractivity contribution in [3.05, 3.63) is 29.8 Å². The third-order valence-corrected chi connectivity index (χ3v) is 17.1. The number of piperidine rings is 1. The summed E-state index contributed by atoms with van der Waals surface area (Å²) in [5.41, 5.74) is 5.74. The first-order valence-electron chi connectivity index (χ1n) is 27.1. The highest BCUT2D eigenvalue weighted by Gasteiger charge is 2.57. The molecule has 4 nitrogen and oxygen atoms in total. The lowest BCUT2D eigenvalue weighted by molar-refractivity contribution is 0.0140. The number of likely N-dealkylation sites (tertiary alicyclic amines) is 3. The minimum absolute atomic E-state index is 0. The molecule has 0 N–H and O–H groups in total. The van der Waals surface area contributed by atoms with E-state index in [0.717, 1.165) is 54.0 Å². The molecule has 1 aromatic carbocycles. The Morgan fingerprint density at radius 2 is 0.691 bits per heavy atom. The number of nitrogens with zero attached hydrogens (tertiary/aromatic N) is 4. The van der Waals surface area contributed by atoms with Crippen molar-refractivity contribution in [3.63, 3.8) is 0 Å². The highest BCUT2D eigenvalue weighted by Crippen LogP contribution is 2.55. The van der Waals surface area contributed by atoms with Crippen molar-refractivity contribution in [2.45, 2.75) is 337 Å². The molecule has 0 amide bonds. The van der Waals surface area contributed by atoms with E-state index in [4.69, 9.17) is 0 Å². The summed E-state index contributed by atoms with van der Waals surface area (Å²) in [4.78, 5) is 11.1. The first-order chi connectivity index (χ1) is 28.8. The number of anilines is 1. The number of rotatable bonds is 0. The van der Waals surface area contributed by atoms with Gasteiger partial charge in [0.2, 0.25) is 0 Å². The van der Waals surface area contributed by atoms with Gasteiger partial charge in [0, 0.05) is 70.1 Å². The molecule has 0 bridgehead atoms. The van der Waals surface area contributed by atoms with E-state index < -0.39 is 0 Å². The Morgan fingerprint density at radius 1 is 0.353 bits per heavy atom. The van der Waals surface area contributed by atoms with Crippen molar-refractivity contribution in [2.75, 3.05) is 4.90 Å². The van der Waals surface area contributed by atoms with E-state index in [9.17, 15) is 0 Å². The molecule has 402 valence electrons. The van der Waals surface area contributed by atoms with Crippen molar-refractivity contribution in [1.82, 2.24) is 14.7 Å². The number of benzene rings is 1. The van der Waals surface area contributed by atoms with Gasteiger partial charge in [0.05, 0.1) is 0 Å². The van der Waals surface area contributed by atoms with Crippen LogP contribution in [-0.4, -0.2) is 79.1 Å². The summed E-state index contributed by atoms with van der Waals surface area (Å²) in [6.07, 6.45) is 17.2. The van der Waals surface area contributed by atoms with E-state index in [0.29, 0.717) is 44.3 Å². The van der Waals surface area contributed by atoms with E-state index in [1.165, 1.54) is 88.3 Å². The number of para-hydroxylation sites is 1. The molecule has 0 radical (unpaired) electrons. The topological polar surface area (TPSA) is 13.0 Å². The predicted molar refractivity (Wildman–Crippen MR) is 310 cm³/mol. The van der Waals surface area contributed by atoms with E-state index in [2.05, 4.69) is 210 Å². The van der Waals surface area contributed by atoms with Gasteiger partial charge in [-0.1, -0.05) is 150 Å². The smallest absolute Gasteiger partial charge is 0.0406 e. The largest absolute Gasteiger partial charge is 0.363 e. The van der Waals surface area contributed by atoms with Crippen LogP contribution in [0, 0.1) is 39.4 Å². The van der Waals surface area contributed by atoms with Crippen LogP contribution in [0.15, 0.2) is 24.3 Å². The Labute approximate surface area is 430 Å². The number of hydrogen-bond acceptors (Lipinski definition) is 4. The maximum Gasteiger partial charge on any atom is 0.0406 e. The third-order valence-electron chi connectivity index (χ3n) is 17.1. The molecule has 4 heterocycles. The molecule has 3 saturated carbocycles. The molecule has 7 aliphatic rings. The van der Waals surface area contributed by atoms with Crippen molar-refractivity contribution < 1.29 is 0 Å². The first-order valence-corrected chi connectivity index (χ1v) is 27.1. The van der Waals surface area contributed by atoms with Gasteiger partial charge in [-0.25, -0.2) is 0 Å². The zero-order valence-corrected chi connectivity index (χ0v) is 47.4. The lowest BCUT2D eigenvalue weighted by Gasteiger charge is -2.47. The Kier molecular flexibility index (Phi) is 21.5. The maximum atomic E-state index is 2.87. The predicted octanol–water partition coefficient (Wildman–Crippen LogP) is 18.6. The van der Waals surface area contributed by atoms with Crippen LogP contribution in [0.5, 0.6) is 0 Å². The molecule has 10 atom stereocenters. The average molecular weight is 952 g/mol. The van der Waals surface area contributed by atoms with Crippen LogP contribution in [0.1, 0.15) is 272 Å². The average Bonchev–Trinajstić information content (AvgIpc) is 3.67. The zero-order chi connectivity index (χ0) is 48.6. The second-order valence-electron chi connectivity index (χ2n) is 30.8. The fraction of sp³-hybridized carbons (Fsp3) is 0.906. The van der Waals surface area contributed by atoms with Crippen LogP contribution < -0.4 is 4.90 Å². The van der Waals surface area contributed by atoms with E-state index >= 15 is 0 Å². The SMILES string of the molecule is C.C.C.C.CC(C)(C)C1CC2CC2N1C(C)(C)C.CC(C)(C)C1CC2CCCC2N1C(C)(C)C.CC(C)(C)C1CC2CCCCC2N1C(C)(C)C.CC(C)(C)C1Cc2ccccc2N1C(C)(C)C. The summed E-state index contributed by atoms with van der Waals surface area (Å²) in [6.45, 7) is 57.2. The fourth-order valence-corrected chi connectivity index (χ4v) is 14.3. The van der Waals surface area contributed by atoms with Crippen molar-refractivity contribution >= 4 is 5.69 Å². The van der Waals surface area contributed by atoms with Crippen molar-refractivity contribution in [1.29, 1.82) is 0 Å². The summed E-state index contributed by atoms with van der Waals surface area (Å²) in [7, 11) is 0. The van der Waals surface area contributed by atoms with Crippen LogP contribution in [0.3, 0.4) is 0 Å². The van der Waals surface area contributed by atoms with Crippen LogP contribution in [-0.2, 0) is 6.42 Å². The number of fused-ring (bicyclic) bond motifs is 4. The molecule has 6 fully saturated rings. The molecule has 1 aromatic rings. The number of hydrogen-bond donors (Lipinski definition) is 0. The summed E-state index contributed by atoms with van der Waals surface area (Å²) in [5, 5.41) is 0. The molecule has 3 aliphatic carbocycles. The van der Waals surface area contributed by atoms with E-state index in [1.54, 1.807) is 0 Å². The summed E-state index contributed by atoms with van der Waals surface area (Å²) < 4.78 is 0. The summed E-state index contributed by atoms with van der Waals surface area (Å²) >= 11 is 0. The Hall–Kier alpha value is -1.10. The van der Waals surface area contributed by atoms with Crippen LogP contribution >= 0.6 is 0 Å².